The fraction of sp³-hybridized carbons (Fsp3) is 0.188. The van der Waals surface area contributed by atoms with Crippen LogP contribution in [-0.4, -0.2) is 123 Å². The largest absolute Gasteiger partial charge is 0.481 e. The quantitative estimate of drug-likeness (QED) is 0.0386. The summed E-state index contributed by atoms with van der Waals surface area (Å²) in [4.78, 5) is 17.5. The molecule has 8 aromatic carbocycles. The fourth-order valence-corrected chi connectivity index (χ4v) is 17.3. The molecule has 650 valence electrons. The first-order valence-corrected chi connectivity index (χ1v) is 44.1. The molecule has 0 radical (unpaired) electrons. The van der Waals surface area contributed by atoms with Crippen molar-refractivity contribution in [3.05, 3.63) is 314 Å². The maximum Gasteiger partial charge on any atom is 0.394 e. The summed E-state index contributed by atoms with van der Waals surface area (Å²) in [6.45, 7) is 2.11. The zero-order valence-electron chi connectivity index (χ0n) is 69.8. The monoisotopic (exact) mass is 1840 g/mol. The Labute approximate surface area is 742 Å². The number of sulfone groups is 2. The minimum Gasteiger partial charge on any atom is -0.481 e. The highest BCUT2D eigenvalue weighted by Gasteiger charge is 2.29. The van der Waals surface area contributed by atoms with Crippen LogP contribution in [0.5, 0.6) is 29.3 Å². The number of hydrogen-bond acceptors (Lipinski definition) is 19. The van der Waals surface area contributed by atoms with Crippen LogP contribution in [0.3, 0.4) is 0 Å². The molecular weight excluding hydrogens is 1760 g/mol. The van der Waals surface area contributed by atoms with Gasteiger partial charge in [0.25, 0.3) is 5.92 Å². The molecule has 8 heterocycles. The summed E-state index contributed by atoms with van der Waals surface area (Å²) in [5.74, 6) is -1.08. The Kier molecular flexibility index (Phi) is 28.1. The molecule has 16 rings (SSSR count). The Morgan fingerprint density at radius 2 is 0.732 bits per heavy atom. The lowest BCUT2D eigenvalue weighted by atomic mass is 10.0. The van der Waals surface area contributed by atoms with Gasteiger partial charge in [-0.15, -0.1) is 0 Å². The highest BCUT2D eigenvalue weighted by Crippen LogP contribution is 2.43. The molecule has 23 nitrogen and oxygen atoms in total. The lowest BCUT2D eigenvalue weighted by Crippen LogP contribution is -2.19. The Bertz CT molecular complexity index is 7070. The van der Waals surface area contributed by atoms with Gasteiger partial charge in [-0.05, 0) is 162 Å². The Hall–Kier alpha value is -13.3. The third-order valence-corrected chi connectivity index (χ3v) is 24.0. The maximum atomic E-state index is 13.9. The van der Waals surface area contributed by atoms with Crippen LogP contribution in [0, 0.1) is 22.7 Å². The summed E-state index contributed by atoms with van der Waals surface area (Å²) in [7, 11) is -0.752. The minimum absolute atomic E-state index is 0.0494. The van der Waals surface area contributed by atoms with Gasteiger partial charge in [-0.2, -0.15) is 19.3 Å². The predicted octanol–water partition coefficient (Wildman–Crippen LogP) is 19.1. The number of nitriles is 2. The van der Waals surface area contributed by atoms with E-state index in [9.17, 15) is 65.3 Å². The van der Waals surface area contributed by atoms with E-state index < -0.39 is 31.7 Å². The van der Waals surface area contributed by atoms with Crippen LogP contribution < -0.4 is 23.7 Å². The predicted molar refractivity (Wildman–Crippen MR) is 482 cm³/mol. The Morgan fingerprint density at radius 1 is 0.409 bits per heavy atom. The number of hydrogen-bond donors (Lipinski definition) is 4. The minimum atomic E-state index is -3.49. The number of aromatic nitrogens is 8. The second kappa shape index (κ2) is 39.1. The summed E-state index contributed by atoms with van der Waals surface area (Å²) in [6, 6.07) is 67.4. The second-order valence-corrected chi connectivity index (χ2v) is 35.0. The van der Waals surface area contributed by atoms with E-state index in [0.717, 1.165) is 101 Å². The van der Waals surface area contributed by atoms with Crippen molar-refractivity contribution in [3.8, 4) is 85.9 Å². The average molecular weight is 1840 g/mol. The van der Waals surface area contributed by atoms with E-state index in [1.807, 2.05) is 80.4 Å². The molecule has 0 spiro atoms. The molecule has 31 heteroatoms. The zero-order valence-corrected chi connectivity index (χ0v) is 73.7. The van der Waals surface area contributed by atoms with Crippen LogP contribution in [0.15, 0.2) is 257 Å². The first-order valence-electron chi connectivity index (χ1n) is 39.2. The topological polar surface area (TPSA) is 314 Å². The summed E-state index contributed by atoms with van der Waals surface area (Å²) in [5, 5.41) is 63.7. The highest BCUT2D eigenvalue weighted by molar-refractivity contribution is 9.10. The van der Waals surface area contributed by atoms with Crippen molar-refractivity contribution in [1.82, 2.24) is 38.2 Å². The number of alkyl halides is 4. The first kappa shape index (κ1) is 91.4. The van der Waals surface area contributed by atoms with Crippen molar-refractivity contribution in [2.24, 2.45) is 0 Å². The molecule has 0 bridgehead atoms. The van der Waals surface area contributed by atoms with E-state index in [2.05, 4.69) is 64.7 Å². The van der Waals surface area contributed by atoms with E-state index in [0.29, 0.717) is 116 Å². The van der Waals surface area contributed by atoms with Crippen LogP contribution in [0.2, 0.25) is 5.02 Å². The third kappa shape index (κ3) is 20.8. The van der Waals surface area contributed by atoms with E-state index in [-0.39, 0.29) is 54.1 Å². The smallest absolute Gasteiger partial charge is 0.394 e. The number of benzene rings is 8. The second-order valence-electron chi connectivity index (χ2n) is 29.6. The number of rotatable bonds is 25. The number of pyridine rings is 4. The molecule has 0 aliphatic heterocycles. The van der Waals surface area contributed by atoms with Crippen molar-refractivity contribution in [3.63, 3.8) is 0 Å². The SMILES string of the molecule is COc1ccc(-c2c(CO)n(Cc3cccc(Br)c3)c3ccc(C#N)cc23)cn1.COc1ccc(-c2c(CO)n(Cc3cccc(C(C)(F)F)c3)c3ccc(S(C)(=O)=O)cc23)cn1.COc1ccc(-c2c(CO)n(Cc3cccc(Cl)c3)c3ccc(S(C)(=O)=O)cc23)cn1.COc1ccc(-c2c(CO)n(Cc3cccc(OC(C)(F)F)c3)c3ccc(C#N)cc23)cn1. The molecule has 8 aromatic heterocycles. The molecule has 0 saturated heterocycles. The van der Waals surface area contributed by atoms with E-state index in [1.54, 1.807) is 147 Å². The molecule has 0 amide bonds. The van der Waals surface area contributed by atoms with Crippen molar-refractivity contribution >= 4 is 90.8 Å². The molecule has 127 heavy (non-hydrogen) atoms. The Morgan fingerprint density at radius 3 is 1.04 bits per heavy atom. The van der Waals surface area contributed by atoms with Crippen molar-refractivity contribution in [2.45, 2.75) is 88.3 Å². The lowest BCUT2D eigenvalue weighted by molar-refractivity contribution is -0.159. The summed E-state index contributed by atoms with van der Waals surface area (Å²) < 4.78 is 137. The van der Waals surface area contributed by atoms with Gasteiger partial charge in [0.05, 0.1) is 111 Å². The number of aliphatic hydroxyl groups excluding tert-OH is 4. The summed E-state index contributed by atoms with van der Waals surface area (Å²) in [6.07, 6.45) is 5.63. The van der Waals surface area contributed by atoms with Gasteiger partial charge in [0.2, 0.25) is 23.5 Å². The molecular formula is C96H84BrClF4N10O13S2. The maximum absolute atomic E-state index is 13.9. The van der Waals surface area contributed by atoms with Crippen LogP contribution in [0.25, 0.3) is 88.1 Å². The number of fused-ring (bicyclic) bond motifs is 4. The number of ether oxygens (including phenoxy) is 5. The summed E-state index contributed by atoms with van der Waals surface area (Å²) in [5.41, 5.74) is 16.1. The number of halogens is 6. The fourth-order valence-electron chi connectivity index (χ4n) is 15.3. The van der Waals surface area contributed by atoms with Crippen molar-refractivity contribution in [1.29, 1.82) is 10.5 Å². The van der Waals surface area contributed by atoms with Gasteiger partial charge in [0.15, 0.2) is 19.7 Å². The lowest BCUT2D eigenvalue weighted by Gasteiger charge is -2.15. The van der Waals surface area contributed by atoms with Gasteiger partial charge in [-0.1, -0.05) is 82.1 Å². The highest BCUT2D eigenvalue weighted by atomic mass is 79.9. The van der Waals surface area contributed by atoms with Gasteiger partial charge in [-0.3, -0.25) is 0 Å². The number of aliphatic hydroxyl groups is 4. The first-order chi connectivity index (χ1) is 60.8. The Balaban J connectivity index is 0.000000145. The van der Waals surface area contributed by atoms with Crippen LogP contribution in [0.1, 0.15) is 75.6 Å². The van der Waals surface area contributed by atoms with Crippen LogP contribution >= 0.6 is 27.5 Å². The van der Waals surface area contributed by atoms with E-state index in [1.165, 1.54) is 51.9 Å². The molecule has 0 atom stereocenters. The van der Waals surface area contributed by atoms with Gasteiger partial charge in [0, 0.05) is 205 Å². The van der Waals surface area contributed by atoms with Crippen molar-refractivity contribution < 1.29 is 78.5 Å². The van der Waals surface area contributed by atoms with E-state index >= 15 is 0 Å². The van der Waals surface area contributed by atoms with Gasteiger partial charge < -0.3 is 62.4 Å². The molecule has 0 aliphatic carbocycles. The molecule has 0 fully saturated rings. The van der Waals surface area contributed by atoms with Gasteiger partial charge in [0.1, 0.15) is 5.75 Å². The van der Waals surface area contributed by atoms with E-state index in [4.69, 9.17) is 35.3 Å². The zero-order chi connectivity index (χ0) is 90.8. The standard InChI is InChI=1S/C25H21F2N3O3.C25H24F2N2O4S.C23H18BrN3O2.C23H21ClN2O4S/c1-25(26,27)33-19-5-3-4-17(10-19)14-30-21-8-6-16(12-28)11-20(21)24(22(30)15-31)18-7-9-23(32-2)29-13-18;1-25(26,27)18-6-4-5-16(11-18)14-29-21-9-8-19(34(3,31)32)12-20(21)24(22(29)15-30)17-7-10-23(33-2)28-13-17;1-29-22-8-6-17(12-26-22)23-19-10-15(11-25)5-7-20(19)27(21(23)14-28)13-16-3-2-4-18(24)9-16;1-30-22-9-6-16(12-25-22)23-19-11-18(31(2,28)29)7-8-20(19)26(21(23)14-27)13-15-4-3-5-17(24)10-15/h3-11,13,31H,14-15H2,1-2H3;4-13,30H,14-15H2,1-3H3;2-10,12,28H,13-14H2,1H3;3-12,27H,13-14H2,1-2H3. The molecule has 16 aromatic rings. The molecule has 4 N–H and O–H groups in total. The number of nitrogens with zero attached hydrogens (tertiary/aromatic N) is 10. The van der Waals surface area contributed by atoms with Crippen molar-refractivity contribution in [2.75, 3.05) is 41.0 Å². The summed E-state index contributed by atoms with van der Waals surface area (Å²) >= 11 is 9.68. The normalized spacial score (nSPS) is 11.6. The van der Waals surface area contributed by atoms with Gasteiger partial charge >= 0.3 is 6.11 Å². The average Bonchev–Trinajstić information content (AvgIpc) is 1.50. The molecule has 0 aliphatic rings. The molecule has 0 unspecified atom stereocenters. The van der Waals surface area contributed by atoms with Crippen LogP contribution in [0.4, 0.5) is 17.6 Å². The molecule has 0 saturated carbocycles. The number of methoxy groups -OCH3 is 4. The van der Waals surface area contributed by atoms with Crippen LogP contribution in [-0.2, 0) is 78.2 Å². The third-order valence-electron chi connectivity index (χ3n) is 21.0. The van der Waals surface area contributed by atoms with Gasteiger partial charge in [-0.25, -0.2) is 45.6 Å².